The number of carbonyl (C=O) groups is 2. The molecule has 192 valence electrons. The molecule has 0 aliphatic carbocycles. The third-order valence-corrected chi connectivity index (χ3v) is 6.64. The summed E-state index contributed by atoms with van der Waals surface area (Å²) >= 11 is 0. The van der Waals surface area contributed by atoms with Crippen LogP contribution in [0.5, 0.6) is 5.75 Å². The van der Waals surface area contributed by atoms with E-state index >= 15 is 0 Å². The van der Waals surface area contributed by atoms with Crippen molar-refractivity contribution in [3.63, 3.8) is 0 Å². The van der Waals surface area contributed by atoms with E-state index in [-0.39, 0.29) is 17.7 Å². The van der Waals surface area contributed by atoms with Crippen molar-refractivity contribution in [1.82, 2.24) is 19.7 Å². The van der Waals surface area contributed by atoms with Gasteiger partial charge in [0.05, 0.1) is 19.3 Å². The highest BCUT2D eigenvalue weighted by molar-refractivity contribution is 6.19. The molecule has 0 atom stereocenters. The van der Waals surface area contributed by atoms with Gasteiger partial charge in [0, 0.05) is 35.3 Å². The Balaban J connectivity index is 1.67. The zero-order valence-corrected chi connectivity index (χ0v) is 21.8. The molecule has 0 spiro atoms. The molecular weight excluding hydrogens is 490 g/mol. The van der Waals surface area contributed by atoms with Crippen LogP contribution in [0.4, 0.5) is 0 Å². The average molecular weight is 516 g/mol. The summed E-state index contributed by atoms with van der Waals surface area (Å²) in [4.78, 5) is 32.0. The first-order valence-electron chi connectivity index (χ1n) is 12.3. The number of amides is 2. The highest BCUT2D eigenvalue weighted by Crippen LogP contribution is 2.33. The van der Waals surface area contributed by atoms with E-state index in [1.165, 1.54) is 0 Å². The maximum Gasteiger partial charge on any atom is 0.271 e. The van der Waals surface area contributed by atoms with Crippen molar-refractivity contribution >= 4 is 17.9 Å². The first-order valence-corrected chi connectivity index (χ1v) is 12.3. The van der Waals surface area contributed by atoms with Crippen LogP contribution in [0.2, 0.25) is 0 Å². The standard InChI is InChI=1S/C31H25N5O3/c1-20-14-25(39-3)11-12-26(20)29-23(19-36(34-29)24-9-5-4-6-10-24)15-27-21(2)28(16-32)31(38)35(30(27)37)18-22-8-7-13-33-17-22/h4-15,17,19H,18H2,1-3H3/b27-15+. The van der Waals surface area contributed by atoms with Crippen LogP contribution in [0.1, 0.15) is 23.6 Å². The normalized spacial score (nSPS) is 14.6. The van der Waals surface area contributed by atoms with Gasteiger partial charge in [-0.05, 0) is 73.0 Å². The number of rotatable bonds is 6. The van der Waals surface area contributed by atoms with Gasteiger partial charge in [-0.2, -0.15) is 10.4 Å². The van der Waals surface area contributed by atoms with Crippen molar-refractivity contribution in [2.75, 3.05) is 7.11 Å². The Kier molecular flexibility index (Phi) is 6.89. The van der Waals surface area contributed by atoms with Crippen LogP contribution in [-0.4, -0.2) is 38.6 Å². The molecule has 8 heteroatoms. The van der Waals surface area contributed by atoms with E-state index in [0.717, 1.165) is 27.5 Å². The summed E-state index contributed by atoms with van der Waals surface area (Å²) in [6.07, 6.45) is 6.76. The zero-order valence-electron chi connectivity index (χ0n) is 21.8. The van der Waals surface area contributed by atoms with Crippen LogP contribution < -0.4 is 4.74 Å². The molecule has 5 rings (SSSR count). The molecule has 39 heavy (non-hydrogen) atoms. The fourth-order valence-electron chi connectivity index (χ4n) is 4.55. The Morgan fingerprint density at radius 2 is 1.82 bits per heavy atom. The molecule has 2 aromatic carbocycles. The number of hydrogen-bond acceptors (Lipinski definition) is 6. The van der Waals surface area contributed by atoms with Crippen molar-refractivity contribution in [3.8, 4) is 28.8 Å². The molecule has 0 radical (unpaired) electrons. The second-order valence-electron chi connectivity index (χ2n) is 9.12. The quantitative estimate of drug-likeness (QED) is 0.263. The summed E-state index contributed by atoms with van der Waals surface area (Å²) in [6.45, 7) is 3.60. The van der Waals surface area contributed by atoms with Gasteiger partial charge in [-0.25, -0.2) is 4.68 Å². The summed E-state index contributed by atoms with van der Waals surface area (Å²) in [5.74, 6) is -0.375. The lowest BCUT2D eigenvalue weighted by Crippen LogP contribution is -2.42. The molecule has 0 bridgehead atoms. The number of aromatic nitrogens is 3. The van der Waals surface area contributed by atoms with Crippen molar-refractivity contribution in [3.05, 3.63) is 113 Å². The number of imide groups is 1. The molecule has 3 heterocycles. The lowest BCUT2D eigenvalue weighted by molar-refractivity contribution is -0.141. The van der Waals surface area contributed by atoms with Crippen molar-refractivity contribution in [2.24, 2.45) is 0 Å². The Bertz CT molecular complexity index is 1680. The van der Waals surface area contributed by atoms with Crippen LogP contribution in [0.3, 0.4) is 0 Å². The summed E-state index contributed by atoms with van der Waals surface area (Å²) < 4.78 is 7.13. The molecular formula is C31H25N5O3. The van der Waals surface area contributed by atoms with Gasteiger partial charge in [-0.1, -0.05) is 24.3 Å². The number of carbonyl (C=O) groups excluding carboxylic acids is 2. The van der Waals surface area contributed by atoms with E-state index in [1.54, 1.807) is 49.3 Å². The number of aryl methyl sites for hydroxylation is 1. The number of pyridine rings is 1. The Labute approximate surface area is 226 Å². The highest BCUT2D eigenvalue weighted by atomic mass is 16.5. The molecule has 0 saturated carbocycles. The van der Waals surface area contributed by atoms with Crippen LogP contribution in [0.25, 0.3) is 23.0 Å². The van der Waals surface area contributed by atoms with Crippen LogP contribution in [-0.2, 0) is 16.1 Å². The van der Waals surface area contributed by atoms with Crippen LogP contribution >= 0.6 is 0 Å². The third kappa shape index (κ3) is 4.86. The number of methoxy groups -OCH3 is 1. The fraction of sp³-hybridized carbons (Fsp3) is 0.129. The molecule has 1 aliphatic heterocycles. The number of hydrogen-bond donors (Lipinski definition) is 0. The number of nitrogens with zero attached hydrogens (tertiary/aromatic N) is 5. The van der Waals surface area contributed by atoms with E-state index in [9.17, 15) is 14.9 Å². The molecule has 2 aromatic heterocycles. The average Bonchev–Trinajstić information content (AvgIpc) is 3.38. The maximum absolute atomic E-state index is 13.7. The summed E-state index contributed by atoms with van der Waals surface area (Å²) in [6, 6.07) is 20.9. The number of para-hydroxylation sites is 1. The first-order chi connectivity index (χ1) is 18.9. The predicted octanol–water partition coefficient (Wildman–Crippen LogP) is 5.04. The molecule has 0 unspecified atom stereocenters. The Morgan fingerprint density at radius 1 is 1.03 bits per heavy atom. The number of benzene rings is 2. The minimum Gasteiger partial charge on any atom is -0.497 e. The van der Waals surface area contributed by atoms with Gasteiger partial charge in [0.2, 0.25) is 0 Å². The van der Waals surface area contributed by atoms with Crippen molar-refractivity contribution in [1.29, 1.82) is 5.26 Å². The zero-order chi connectivity index (χ0) is 27.5. The third-order valence-electron chi connectivity index (χ3n) is 6.64. The van der Waals surface area contributed by atoms with E-state index < -0.39 is 11.8 Å². The smallest absolute Gasteiger partial charge is 0.271 e. The Morgan fingerprint density at radius 3 is 2.49 bits per heavy atom. The van der Waals surface area contributed by atoms with Gasteiger partial charge >= 0.3 is 0 Å². The molecule has 4 aromatic rings. The SMILES string of the molecule is COc1ccc(-c2nn(-c3ccccc3)cc2/C=C2/C(=O)N(Cc3cccnc3)C(=O)C(C#N)=C2C)c(C)c1. The van der Waals surface area contributed by atoms with Gasteiger partial charge in [0.1, 0.15) is 23.1 Å². The molecule has 1 aliphatic rings. The largest absolute Gasteiger partial charge is 0.497 e. The predicted molar refractivity (Wildman–Crippen MR) is 146 cm³/mol. The minimum absolute atomic E-state index is 0.00896. The molecule has 0 fully saturated rings. The number of nitriles is 1. The van der Waals surface area contributed by atoms with Crippen molar-refractivity contribution in [2.45, 2.75) is 20.4 Å². The van der Waals surface area contributed by atoms with E-state index in [1.807, 2.05) is 67.7 Å². The van der Waals surface area contributed by atoms with E-state index in [2.05, 4.69) is 4.98 Å². The molecule has 0 saturated heterocycles. The lowest BCUT2D eigenvalue weighted by Gasteiger charge is -2.27. The topological polar surface area (TPSA) is 101 Å². The van der Waals surface area contributed by atoms with Gasteiger partial charge in [-0.3, -0.25) is 19.5 Å². The van der Waals surface area contributed by atoms with Gasteiger partial charge < -0.3 is 4.74 Å². The second kappa shape index (κ2) is 10.6. The number of ether oxygens (including phenoxy) is 1. The van der Waals surface area contributed by atoms with E-state index in [0.29, 0.717) is 22.4 Å². The summed E-state index contributed by atoms with van der Waals surface area (Å²) in [7, 11) is 1.61. The molecule has 0 N–H and O–H groups in total. The Hall–Kier alpha value is -5.29. The van der Waals surface area contributed by atoms with Crippen LogP contribution in [0, 0.1) is 18.3 Å². The second-order valence-corrected chi connectivity index (χ2v) is 9.12. The van der Waals surface area contributed by atoms with Gasteiger partial charge in [0.15, 0.2) is 0 Å². The summed E-state index contributed by atoms with van der Waals surface area (Å²) in [5, 5.41) is 14.7. The maximum atomic E-state index is 13.7. The van der Waals surface area contributed by atoms with Gasteiger partial charge in [-0.15, -0.1) is 0 Å². The van der Waals surface area contributed by atoms with Crippen molar-refractivity contribution < 1.29 is 14.3 Å². The van der Waals surface area contributed by atoms with E-state index in [4.69, 9.17) is 9.84 Å². The minimum atomic E-state index is -0.618. The van der Waals surface area contributed by atoms with Gasteiger partial charge in [0.25, 0.3) is 11.8 Å². The highest BCUT2D eigenvalue weighted by Gasteiger charge is 2.35. The van der Waals surface area contributed by atoms with Crippen LogP contribution in [0.15, 0.2) is 96.0 Å². The monoisotopic (exact) mass is 515 g/mol. The fourth-order valence-corrected chi connectivity index (χ4v) is 4.55. The summed E-state index contributed by atoms with van der Waals surface area (Å²) in [5.41, 5.74) is 5.19. The molecule has 8 nitrogen and oxygen atoms in total. The molecule has 2 amide bonds. The lowest BCUT2D eigenvalue weighted by atomic mass is 9.92. The first kappa shape index (κ1) is 25.4.